The molecule has 0 N–H and O–H groups in total. The van der Waals surface area contributed by atoms with Gasteiger partial charge >= 0.3 is 5.97 Å². The quantitative estimate of drug-likeness (QED) is 0.0810. The van der Waals surface area contributed by atoms with Crippen molar-refractivity contribution >= 4 is 21.9 Å². The Morgan fingerprint density at radius 3 is 1.97 bits per heavy atom. The summed E-state index contributed by atoms with van der Waals surface area (Å²) in [6, 6.07) is 0. The molecule has 2 unspecified atom stereocenters. The predicted molar refractivity (Wildman–Crippen MR) is 132 cm³/mol. The third-order valence-electron chi connectivity index (χ3n) is 5.83. The van der Waals surface area contributed by atoms with Crippen LogP contribution in [0.5, 0.6) is 0 Å². The van der Waals surface area contributed by atoms with E-state index in [-0.39, 0.29) is 5.97 Å². The summed E-state index contributed by atoms with van der Waals surface area (Å²) in [7, 11) is 0. The predicted octanol–water partition coefficient (Wildman–Crippen LogP) is 8.87. The number of alkyl halides is 1. The fourth-order valence-corrected chi connectivity index (χ4v) is 4.10. The summed E-state index contributed by atoms with van der Waals surface area (Å²) in [5.74, 6) is 2.50. The van der Waals surface area contributed by atoms with Gasteiger partial charge in [-0.3, -0.25) is 4.79 Å². The SMILES string of the molecule is C/C(=C\COC(=O)CCCCCBr)CCCC(C)CCCC(C)CCCC(C)C. The molecular formula is C26H49BrO2. The summed E-state index contributed by atoms with van der Waals surface area (Å²) in [5, 5.41) is 1.01. The van der Waals surface area contributed by atoms with Crippen molar-refractivity contribution in [2.24, 2.45) is 17.8 Å². The first kappa shape index (κ1) is 28.7. The number of ether oxygens (including phenoxy) is 1. The van der Waals surface area contributed by atoms with Gasteiger partial charge in [0.15, 0.2) is 0 Å². The molecule has 0 aliphatic rings. The van der Waals surface area contributed by atoms with Gasteiger partial charge in [0.1, 0.15) is 6.61 Å². The number of rotatable bonds is 19. The first-order valence-corrected chi connectivity index (χ1v) is 13.3. The number of carbonyl (C=O) groups is 1. The molecule has 0 amide bonds. The Morgan fingerprint density at radius 1 is 0.793 bits per heavy atom. The highest BCUT2D eigenvalue weighted by Gasteiger charge is 2.07. The van der Waals surface area contributed by atoms with E-state index in [0.717, 1.165) is 48.8 Å². The molecule has 0 fully saturated rings. The van der Waals surface area contributed by atoms with Crippen LogP contribution in [0.15, 0.2) is 11.6 Å². The second-order valence-electron chi connectivity index (χ2n) is 9.59. The van der Waals surface area contributed by atoms with Crippen LogP contribution in [0.1, 0.15) is 118 Å². The molecule has 0 aliphatic heterocycles. The van der Waals surface area contributed by atoms with E-state index >= 15 is 0 Å². The standard InChI is InChI=1S/C26H49BrO2/c1-22(2)12-9-13-23(3)14-10-15-24(4)16-11-17-25(5)19-21-29-26(28)18-7-6-8-20-27/h19,22-24H,6-18,20-21H2,1-5H3/b25-19+. The summed E-state index contributed by atoms with van der Waals surface area (Å²) in [5.41, 5.74) is 1.35. The lowest BCUT2D eigenvalue weighted by Gasteiger charge is -2.15. The first-order valence-electron chi connectivity index (χ1n) is 12.2. The largest absolute Gasteiger partial charge is 0.461 e. The van der Waals surface area contributed by atoms with E-state index in [2.05, 4.69) is 56.6 Å². The molecule has 2 atom stereocenters. The van der Waals surface area contributed by atoms with Gasteiger partial charge in [0.25, 0.3) is 0 Å². The van der Waals surface area contributed by atoms with Crippen LogP contribution in [-0.4, -0.2) is 17.9 Å². The van der Waals surface area contributed by atoms with Gasteiger partial charge in [0.2, 0.25) is 0 Å². The molecule has 0 heterocycles. The molecule has 0 saturated carbocycles. The Morgan fingerprint density at radius 2 is 1.38 bits per heavy atom. The molecule has 0 aliphatic carbocycles. The van der Waals surface area contributed by atoms with Gasteiger partial charge in [0, 0.05) is 11.8 Å². The third kappa shape index (κ3) is 20.7. The lowest BCUT2D eigenvalue weighted by atomic mass is 9.91. The minimum atomic E-state index is -0.0596. The number of carbonyl (C=O) groups excluding carboxylic acids is 1. The number of hydrogen-bond acceptors (Lipinski definition) is 2. The second kappa shape index (κ2) is 19.6. The van der Waals surface area contributed by atoms with E-state index < -0.39 is 0 Å². The van der Waals surface area contributed by atoms with Crippen LogP contribution in [0, 0.1) is 17.8 Å². The molecule has 3 heteroatoms. The van der Waals surface area contributed by atoms with Crippen molar-refractivity contribution in [1.82, 2.24) is 0 Å². The maximum absolute atomic E-state index is 11.7. The van der Waals surface area contributed by atoms with E-state index in [1.165, 1.54) is 56.9 Å². The van der Waals surface area contributed by atoms with Crippen molar-refractivity contribution in [2.45, 2.75) is 118 Å². The molecule has 0 aromatic rings. The van der Waals surface area contributed by atoms with Gasteiger partial charge in [-0.15, -0.1) is 0 Å². The van der Waals surface area contributed by atoms with E-state index in [1.807, 2.05) is 0 Å². The summed E-state index contributed by atoms with van der Waals surface area (Å²) in [6.45, 7) is 12.1. The molecule has 0 aromatic carbocycles. The molecule has 0 spiro atoms. The Labute approximate surface area is 190 Å². The maximum Gasteiger partial charge on any atom is 0.306 e. The highest BCUT2D eigenvalue weighted by molar-refractivity contribution is 9.09. The summed E-state index contributed by atoms with van der Waals surface area (Å²) in [6.07, 6.45) is 17.8. The molecule has 29 heavy (non-hydrogen) atoms. The number of esters is 1. The Bertz CT molecular complexity index is 417. The third-order valence-corrected chi connectivity index (χ3v) is 6.39. The summed E-state index contributed by atoms with van der Waals surface area (Å²) >= 11 is 3.41. The van der Waals surface area contributed by atoms with Crippen LogP contribution < -0.4 is 0 Å². The number of hydrogen-bond donors (Lipinski definition) is 0. The Kier molecular flexibility index (Phi) is 19.4. The summed E-state index contributed by atoms with van der Waals surface area (Å²) < 4.78 is 5.31. The van der Waals surface area contributed by atoms with Gasteiger partial charge in [-0.05, 0) is 56.4 Å². The van der Waals surface area contributed by atoms with Gasteiger partial charge in [-0.25, -0.2) is 0 Å². The minimum Gasteiger partial charge on any atom is -0.461 e. The fraction of sp³-hybridized carbons (Fsp3) is 0.885. The Hall–Kier alpha value is -0.310. The van der Waals surface area contributed by atoms with Crippen molar-refractivity contribution in [3.63, 3.8) is 0 Å². The second-order valence-corrected chi connectivity index (χ2v) is 10.4. The smallest absolute Gasteiger partial charge is 0.306 e. The van der Waals surface area contributed by atoms with Crippen molar-refractivity contribution in [3.8, 4) is 0 Å². The number of allylic oxidation sites excluding steroid dienone is 1. The van der Waals surface area contributed by atoms with Gasteiger partial charge in [-0.1, -0.05) is 101 Å². The minimum absolute atomic E-state index is 0.0596. The van der Waals surface area contributed by atoms with E-state index in [4.69, 9.17) is 4.74 Å². The fourth-order valence-electron chi connectivity index (χ4n) is 3.70. The normalized spacial score (nSPS) is 14.2. The van der Waals surface area contributed by atoms with Gasteiger partial charge < -0.3 is 4.74 Å². The van der Waals surface area contributed by atoms with E-state index in [0.29, 0.717) is 13.0 Å². The number of unbranched alkanes of at least 4 members (excludes halogenated alkanes) is 2. The van der Waals surface area contributed by atoms with E-state index in [9.17, 15) is 4.79 Å². The molecule has 2 nitrogen and oxygen atoms in total. The van der Waals surface area contributed by atoms with Gasteiger partial charge in [0.05, 0.1) is 0 Å². The molecular weight excluding hydrogens is 424 g/mol. The molecule has 0 bridgehead atoms. The van der Waals surface area contributed by atoms with Crippen molar-refractivity contribution < 1.29 is 9.53 Å². The molecule has 0 radical (unpaired) electrons. The topological polar surface area (TPSA) is 26.3 Å². The van der Waals surface area contributed by atoms with Crippen LogP contribution in [0.3, 0.4) is 0 Å². The van der Waals surface area contributed by atoms with Crippen LogP contribution >= 0.6 is 15.9 Å². The molecule has 172 valence electrons. The maximum atomic E-state index is 11.7. The molecule has 0 saturated heterocycles. The first-order chi connectivity index (χ1) is 13.8. The average Bonchev–Trinajstić information content (AvgIpc) is 2.65. The zero-order valence-corrected chi connectivity index (χ0v) is 21.7. The Balaban J connectivity index is 3.67. The average molecular weight is 474 g/mol. The lowest BCUT2D eigenvalue weighted by Crippen LogP contribution is -2.04. The van der Waals surface area contributed by atoms with Crippen molar-refractivity contribution in [1.29, 1.82) is 0 Å². The molecule has 0 aromatic heterocycles. The monoisotopic (exact) mass is 472 g/mol. The van der Waals surface area contributed by atoms with Crippen LogP contribution in [-0.2, 0) is 9.53 Å². The van der Waals surface area contributed by atoms with Crippen LogP contribution in [0.2, 0.25) is 0 Å². The lowest BCUT2D eigenvalue weighted by molar-refractivity contribution is -0.142. The molecule has 0 rings (SSSR count). The zero-order valence-electron chi connectivity index (χ0n) is 20.1. The highest BCUT2D eigenvalue weighted by Crippen LogP contribution is 2.22. The zero-order chi connectivity index (χ0) is 21.9. The van der Waals surface area contributed by atoms with Crippen molar-refractivity contribution in [3.05, 3.63) is 11.6 Å². The van der Waals surface area contributed by atoms with Crippen molar-refractivity contribution in [2.75, 3.05) is 11.9 Å². The highest BCUT2D eigenvalue weighted by atomic mass is 79.9. The van der Waals surface area contributed by atoms with Crippen LogP contribution in [0.25, 0.3) is 0 Å². The van der Waals surface area contributed by atoms with E-state index in [1.54, 1.807) is 0 Å². The number of halogens is 1. The van der Waals surface area contributed by atoms with Crippen LogP contribution in [0.4, 0.5) is 0 Å². The van der Waals surface area contributed by atoms with Gasteiger partial charge in [-0.2, -0.15) is 0 Å². The summed E-state index contributed by atoms with van der Waals surface area (Å²) in [4.78, 5) is 11.7.